The zero-order valence-corrected chi connectivity index (χ0v) is 19.8. The Morgan fingerprint density at radius 1 is 1.11 bits per heavy atom. The molecule has 0 bridgehead atoms. The van der Waals surface area contributed by atoms with Crippen molar-refractivity contribution in [2.75, 3.05) is 51.3 Å². The van der Waals surface area contributed by atoms with Gasteiger partial charge in [-0.1, -0.05) is 11.6 Å². The second-order valence-electron chi connectivity index (χ2n) is 8.52. The molecule has 3 aliphatic rings. The van der Waals surface area contributed by atoms with Crippen molar-refractivity contribution in [1.82, 2.24) is 29.8 Å². The molecular formula is C22H24ClFN8O3. The van der Waals surface area contributed by atoms with Gasteiger partial charge in [0.25, 0.3) is 5.91 Å². The van der Waals surface area contributed by atoms with Gasteiger partial charge in [0.1, 0.15) is 5.82 Å². The molecule has 3 amide bonds. The summed E-state index contributed by atoms with van der Waals surface area (Å²) in [6, 6.07) is 0.721. The predicted molar refractivity (Wildman–Crippen MR) is 125 cm³/mol. The Kier molecular flexibility index (Phi) is 6.48. The first-order chi connectivity index (χ1) is 16.9. The Bertz CT molecular complexity index is 1150. The van der Waals surface area contributed by atoms with Gasteiger partial charge in [0, 0.05) is 65.2 Å². The molecule has 2 saturated heterocycles. The summed E-state index contributed by atoms with van der Waals surface area (Å²) in [5.74, 6) is -0.328. The highest BCUT2D eigenvalue weighted by molar-refractivity contribution is 6.33. The third-order valence-corrected chi connectivity index (χ3v) is 6.65. The Labute approximate surface area is 206 Å². The number of amides is 3. The molecule has 1 atom stereocenters. The normalized spacial score (nSPS) is 20.4. The number of hydrazone groups is 1. The number of piperazine rings is 1. The van der Waals surface area contributed by atoms with Gasteiger partial charge in [-0.15, -0.1) is 0 Å². The summed E-state index contributed by atoms with van der Waals surface area (Å²) in [5, 5.41) is 5.79. The van der Waals surface area contributed by atoms with Gasteiger partial charge in [-0.25, -0.2) is 24.2 Å². The van der Waals surface area contributed by atoms with Crippen LogP contribution < -0.4 is 4.90 Å². The molecule has 0 radical (unpaired) electrons. The van der Waals surface area contributed by atoms with Gasteiger partial charge in [0.05, 0.1) is 29.6 Å². The topological polar surface area (TPSA) is 107 Å². The standard InChI is InChI=1S/C22H24ClFN8O3/c1-35-16-12-31(13-16)20(33)19-17(23)11-26-21(28-19)29-4-6-30(7-5-29)22(34)32-18(2-3-27-32)14-8-15(24)10-25-9-14/h3,8-11,16,18H,2,4-7,12-13H2,1H3. The Morgan fingerprint density at radius 2 is 1.89 bits per heavy atom. The van der Waals surface area contributed by atoms with Crippen LogP contribution in [0.25, 0.3) is 0 Å². The second kappa shape index (κ2) is 9.70. The first kappa shape index (κ1) is 23.4. The summed E-state index contributed by atoms with van der Waals surface area (Å²) in [4.78, 5) is 43.8. The van der Waals surface area contributed by atoms with Crippen molar-refractivity contribution in [2.45, 2.75) is 18.6 Å². The molecular weight excluding hydrogens is 479 g/mol. The summed E-state index contributed by atoms with van der Waals surface area (Å²) in [6.07, 6.45) is 6.28. The molecule has 2 aromatic heterocycles. The fraction of sp³-hybridized carbons (Fsp3) is 0.455. The minimum atomic E-state index is -0.455. The number of aromatic nitrogens is 3. The van der Waals surface area contributed by atoms with Gasteiger partial charge < -0.3 is 19.4 Å². The van der Waals surface area contributed by atoms with Crippen molar-refractivity contribution in [3.8, 4) is 0 Å². The Hall–Kier alpha value is -3.38. The van der Waals surface area contributed by atoms with E-state index in [1.165, 1.54) is 17.3 Å². The largest absolute Gasteiger partial charge is 0.378 e. The monoisotopic (exact) mass is 502 g/mol. The van der Waals surface area contributed by atoms with E-state index in [9.17, 15) is 14.0 Å². The van der Waals surface area contributed by atoms with E-state index in [1.54, 1.807) is 29.3 Å². The van der Waals surface area contributed by atoms with Crippen molar-refractivity contribution < 1.29 is 18.7 Å². The first-order valence-corrected chi connectivity index (χ1v) is 11.6. The molecule has 0 saturated carbocycles. The van der Waals surface area contributed by atoms with Crippen molar-refractivity contribution in [2.24, 2.45) is 5.10 Å². The van der Waals surface area contributed by atoms with Gasteiger partial charge in [0.15, 0.2) is 5.69 Å². The molecule has 1 unspecified atom stereocenters. The van der Waals surface area contributed by atoms with Crippen LogP contribution >= 0.6 is 11.6 Å². The first-order valence-electron chi connectivity index (χ1n) is 11.2. The maximum Gasteiger partial charge on any atom is 0.341 e. The van der Waals surface area contributed by atoms with Crippen LogP contribution in [0, 0.1) is 5.82 Å². The number of carbonyl (C=O) groups excluding carboxylic acids is 2. The van der Waals surface area contributed by atoms with Crippen LogP contribution in [0.4, 0.5) is 15.1 Å². The summed E-state index contributed by atoms with van der Waals surface area (Å²) >= 11 is 6.21. The van der Waals surface area contributed by atoms with E-state index in [0.29, 0.717) is 57.2 Å². The SMILES string of the molecule is COC1CN(C(=O)c2nc(N3CCN(C(=O)N4N=CCC4c4cncc(F)c4)CC3)ncc2Cl)C1. The molecule has 5 rings (SSSR count). The van der Waals surface area contributed by atoms with E-state index in [0.717, 1.165) is 6.20 Å². The lowest BCUT2D eigenvalue weighted by atomic mass is 10.1. The quantitative estimate of drug-likeness (QED) is 0.627. The number of hydrogen-bond donors (Lipinski definition) is 0. The van der Waals surface area contributed by atoms with E-state index in [4.69, 9.17) is 16.3 Å². The van der Waals surface area contributed by atoms with E-state index in [2.05, 4.69) is 20.1 Å². The average molecular weight is 503 g/mol. The highest BCUT2D eigenvalue weighted by Gasteiger charge is 2.35. The third-order valence-electron chi connectivity index (χ3n) is 6.37. The van der Waals surface area contributed by atoms with Gasteiger partial charge >= 0.3 is 6.03 Å². The van der Waals surface area contributed by atoms with Crippen molar-refractivity contribution in [3.63, 3.8) is 0 Å². The molecule has 0 aliphatic carbocycles. The Morgan fingerprint density at radius 3 is 2.60 bits per heavy atom. The van der Waals surface area contributed by atoms with Gasteiger partial charge in [-0.05, 0) is 11.6 Å². The molecule has 35 heavy (non-hydrogen) atoms. The minimum Gasteiger partial charge on any atom is -0.378 e. The number of likely N-dealkylation sites (tertiary alicyclic amines) is 1. The smallest absolute Gasteiger partial charge is 0.341 e. The van der Waals surface area contributed by atoms with E-state index >= 15 is 0 Å². The number of nitrogens with zero attached hydrogens (tertiary/aromatic N) is 8. The average Bonchev–Trinajstić information content (AvgIpc) is 3.33. The predicted octanol–water partition coefficient (Wildman–Crippen LogP) is 1.81. The number of carbonyl (C=O) groups is 2. The highest BCUT2D eigenvalue weighted by Crippen LogP contribution is 2.29. The molecule has 0 spiro atoms. The summed E-state index contributed by atoms with van der Waals surface area (Å²) < 4.78 is 18.9. The summed E-state index contributed by atoms with van der Waals surface area (Å²) in [5.41, 5.74) is 0.753. The molecule has 2 fully saturated rings. The molecule has 0 N–H and O–H groups in total. The van der Waals surface area contributed by atoms with Crippen LogP contribution in [0.5, 0.6) is 0 Å². The molecule has 184 valence electrons. The van der Waals surface area contributed by atoms with Crippen LogP contribution in [-0.4, -0.2) is 100 Å². The number of urea groups is 1. The maximum atomic E-state index is 13.6. The second-order valence-corrected chi connectivity index (χ2v) is 8.93. The maximum absolute atomic E-state index is 13.6. The number of methoxy groups -OCH3 is 1. The van der Waals surface area contributed by atoms with Gasteiger partial charge in [0.2, 0.25) is 5.95 Å². The van der Waals surface area contributed by atoms with Gasteiger partial charge in [-0.3, -0.25) is 9.78 Å². The molecule has 0 aromatic carbocycles. The van der Waals surface area contributed by atoms with Gasteiger partial charge in [-0.2, -0.15) is 5.10 Å². The van der Waals surface area contributed by atoms with Crippen LogP contribution in [-0.2, 0) is 4.74 Å². The lowest BCUT2D eigenvalue weighted by molar-refractivity contribution is -0.0194. The van der Waals surface area contributed by atoms with E-state index in [1.807, 2.05) is 4.90 Å². The fourth-order valence-electron chi connectivity index (χ4n) is 4.29. The molecule has 2 aromatic rings. The number of anilines is 1. The Balaban J connectivity index is 1.22. The molecule has 3 aliphatic heterocycles. The van der Waals surface area contributed by atoms with Crippen molar-refractivity contribution >= 4 is 35.7 Å². The number of hydrogen-bond acceptors (Lipinski definition) is 8. The summed E-state index contributed by atoms with van der Waals surface area (Å²) in [7, 11) is 1.61. The van der Waals surface area contributed by atoms with Crippen LogP contribution in [0.3, 0.4) is 0 Å². The lowest BCUT2D eigenvalue weighted by Crippen LogP contribution is -2.54. The molecule has 13 heteroatoms. The lowest BCUT2D eigenvalue weighted by Gasteiger charge is -2.38. The van der Waals surface area contributed by atoms with E-state index in [-0.39, 0.29) is 28.8 Å². The van der Waals surface area contributed by atoms with Crippen molar-refractivity contribution in [1.29, 1.82) is 0 Å². The van der Waals surface area contributed by atoms with Crippen LogP contribution in [0.2, 0.25) is 5.02 Å². The minimum absolute atomic E-state index is 0.0290. The highest BCUT2D eigenvalue weighted by atomic mass is 35.5. The zero-order valence-electron chi connectivity index (χ0n) is 19.0. The number of rotatable bonds is 4. The number of pyridine rings is 1. The van der Waals surface area contributed by atoms with Crippen LogP contribution in [0.1, 0.15) is 28.5 Å². The number of ether oxygens (including phenoxy) is 1. The third kappa shape index (κ3) is 4.63. The number of halogens is 2. The molecule has 11 nitrogen and oxygen atoms in total. The summed E-state index contributed by atoms with van der Waals surface area (Å²) in [6.45, 7) is 2.76. The van der Waals surface area contributed by atoms with Crippen molar-refractivity contribution in [3.05, 3.63) is 46.8 Å². The zero-order chi connectivity index (χ0) is 24.5. The van der Waals surface area contributed by atoms with E-state index < -0.39 is 11.9 Å². The molecule has 5 heterocycles. The fourth-order valence-corrected chi connectivity index (χ4v) is 4.46. The van der Waals surface area contributed by atoms with Crippen LogP contribution in [0.15, 0.2) is 29.8 Å².